The van der Waals surface area contributed by atoms with Crippen molar-refractivity contribution >= 4 is 28.5 Å². The van der Waals surface area contributed by atoms with Gasteiger partial charge in [0.15, 0.2) is 0 Å². The van der Waals surface area contributed by atoms with Crippen molar-refractivity contribution < 1.29 is 4.79 Å². The average Bonchev–Trinajstić information content (AvgIpc) is 2.83. The molecule has 0 spiro atoms. The van der Waals surface area contributed by atoms with E-state index in [0.29, 0.717) is 28.7 Å². The monoisotopic (exact) mass is 301 g/mol. The normalized spacial score (nSPS) is 10.8. The maximum atomic E-state index is 12.3. The number of fused-ring (bicyclic) bond motifs is 1. The van der Waals surface area contributed by atoms with Crippen molar-refractivity contribution in [3.05, 3.63) is 53.1 Å². The van der Waals surface area contributed by atoms with E-state index >= 15 is 0 Å². The summed E-state index contributed by atoms with van der Waals surface area (Å²) < 4.78 is 1.72. The Kier molecular flexibility index (Phi) is 3.53. The lowest BCUT2D eigenvalue weighted by Crippen LogP contribution is -2.25. The first kappa shape index (κ1) is 13.5. The smallest absolute Gasteiger partial charge is 0.268 e. The minimum Gasteiger partial charge on any atom is -0.345 e. The maximum Gasteiger partial charge on any atom is 0.268 e. The Morgan fingerprint density at radius 1 is 1.38 bits per heavy atom. The molecule has 0 fully saturated rings. The van der Waals surface area contributed by atoms with Crippen LogP contribution in [0.5, 0.6) is 0 Å². The van der Waals surface area contributed by atoms with E-state index in [1.54, 1.807) is 42.1 Å². The van der Waals surface area contributed by atoms with Crippen LogP contribution in [0.25, 0.3) is 11.0 Å². The third-order valence-electron chi connectivity index (χ3n) is 3.13. The summed E-state index contributed by atoms with van der Waals surface area (Å²) in [6.07, 6.45) is 1.59. The van der Waals surface area contributed by atoms with Gasteiger partial charge >= 0.3 is 0 Å². The summed E-state index contributed by atoms with van der Waals surface area (Å²) in [7, 11) is 1.78. The van der Waals surface area contributed by atoms with Crippen LogP contribution in [0.15, 0.2) is 36.5 Å². The highest BCUT2D eigenvalue weighted by Gasteiger charge is 2.14. The van der Waals surface area contributed by atoms with E-state index in [1.165, 1.54) is 0 Å². The SMILES string of the molecule is Cn1c(C(=O)NCc2cccnn2)cc2ccc(Cl)nc21. The molecule has 0 unspecified atom stereocenters. The van der Waals surface area contributed by atoms with E-state index < -0.39 is 0 Å². The molecule has 0 aliphatic heterocycles. The zero-order valence-corrected chi connectivity index (χ0v) is 12.0. The fourth-order valence-electron chi connectivity index (χ4n) is 2.08. The minimum atomic E-state index is -0.197. The molecule has 0 saturated heterocycles. The number of hydrogen-bond acceptors (Lipinski definition) is 4. The van der Waals surface area contributed by atoms with Crippen LogP contribution in [0.4, 0.5) is 0 Å². The van der Waals surface area contributed by atoms with Crippen LogP contribution in [-0.4, -0.2) is 25.7 Å². The van der Waals surface area contributed by atoms with Crippen LogP contribution in [0.2, 0.25) is 5.15 Å². The maximum absolute atomic E-state index is 12.3. The van der Waals surface area contributed by atoms with Gasteiger partial charge in [0.1, 0.15) is 16.5 Å². The Hall–Kier alpha value is -2.47. The minimum absolute atomic E-state index is 0.197. The third-order valence-corrected chi connectivity index (χ3v) is 3.34. The zero-order valence-electron chi connectivity index (χ0n) is 11.2. The Balaban J connectivity index is 1.83. The summed E-state index contributed by atoms with van der Waals surface area (Å²) in [5.74, 6) is -0.197. The summed E-state index contributed by atoms with van der Waals surface area (Å²) >= 11 is 5.88. The molecule has 106 valence electrons. The van der Waals surface area contributed by atoms with Gasteiger partial charge in [-0.3, -0.25) is 4.79 Å². The largest absolute Gasteiger partial charge is 0.345 e. The molecule has 3 heterocycles. The number of amides is 1. The van der Waals surface area contributed by atoms with E-state index in [2.05, 4.69) is 20.5 Å². The van der Waals surface area contributed by atoms with Gasteiger partial charge in [-0.1, -0.05) is 11.6 Å². The van der Waals surface area contributed by atoms with Gasteiger partial charge in [0, 0.05) is 18.6 Å². The highest BCUT2D eigenvalue weighted by atomic mass is 35.5. The Bertz CT molecular complexity index is 800. The lowest BCUT2D eigenvalue weighted by molar-refractivity contribution is 0.0942. The van der Waals surface area contributed by atoms with E-state index in [4.69, 9.17) is 11.6 Å². The van der Waals surface area contributed by atoms with Gasteiger partial charge in [-0.05, 0) is 30.3 Å². The van der Waals surface area contributed by atoms with Gasteiger partial charge in [0.2, 0.25) is 0 Å². The Labute approximate surface area is 125 Å². The molecule has 0 aromatic carbocycles. The van der Waals surface area contributed by atoms with Crippen molar-refractivity contribution in [2.75, 3.05) is 0 Å². The number of rotatable bonds is 3. The number of pyridine rings is 1. The second-order valence-electron chi connectivity index (χ2n) is 4.53. The topological polar surface area (TPSA) is 72.7 Å². The van der Waals surface area contributed by atoms with Gasteiger partial charge in [-0.25, -0.2) is 4.98 Å². The van der Waals surface area contributed by atoms with Crippen LogP contribution < -0.4 is 5.32 Å². The molecule has 6 nitrogen and oxygen atoms in total. The fraction of sp³-hybridized carbons (Fsp3) is 0.143. The molecular formula is C14H12ClN5O. The average molecular weight is 302 g/mol. The molecule has 0 bridgehead atoms. The lowest BCUT2D eigenvalue weighted by Gasteiger charge is -2.05. The standard InChI is InChI=1S/C14H12ClN5O/c1-20-11(7-9-4-5-12(15)18-13(9)20)14(21)16-8-10-3-2-6-17-19-10/h2-7H,8H2,1H3,(H,16,21). The summed E-state index contributed by atoms with van der Waals surface area (Å²) in [6.45, 7) is 0.322. The second-order valence-corrected chi connectivity index (χ2v) is 4.92. The number of nitrogens with one attached hydrogen (secondary N) is 1. The fourth-order valence-corrected chi connectivity index (χ4v) is 2.23. The molecule has 1 N–H and O–H groups in total. The van der Waals surface area contributed by atoms with E-state index in [9.17, 15) is 4.79 Å². The molecule has 7 heteroatoms. The van der Waals surface area contributed by atoms with Crippen LogP contribution in [0, 0.1) is 0 Å². The number of hydrogen-bond donors (Lipinski definition) is 1. The van der Waals surface area contributed by atoms with Crippen LogP contribution in [0.3, 0.4) is 0 Å². The van der Waals surface area contributed by atoms with Gasteiger partial charge in [0.25, 0.3) is 5.91 Å². The van der Waals surface area contributed by atoms with Crippen LogP contribution >= 0.6 is 11.6 Å². The number of nitrogens with zero attached hydrogens (tertiary/aromatic N) is 4. The zero-order chi connectivity index (χ0) is 14.8. The predicted molar refractivity (Wildman–Crippen MR) is 78.9 cm³/mol. The van der Waals surface area contributed by atoms with E-state index in [0.717, 1.165) is 5.39 Å². The lowest BCUT2D eigenvalue weighted by atomic mass is 10.3. The van der Waals surface area contributed by atoms with Gasteiger partial charge in [-0.2, -0.15) is 10.2 Å². The van der Waals surface area contributed by atoms with Crippen molar-refractivity contribution in [1.82, 2.24) is 25.1 Å². The van der Waals surface area contributed by atoms with E-state index in [1.807, 2.05) is 6.07 Å². The molecule has 3 aromatic rings. The predicted octanol–water partition coefficient (Wildman–Crippen LogP) is 1.95. The number of carbonyl (C=O) groups is 1. The molecule has 0 radical (unpaired) electrons. The number of halogens is 1. The van der Waals surface area contributed by atoms with Gasteiger partial charge in [-0.15, -0.1) is 0 Å². The first-order valence-electron chi connectivity index (χ1n) is 6.32. The van der Waals surface area contributed by atoms with Crippen molar-refractivity contribution in [2.24, 2.45) is 7.05 Å². The van der Waals surface area contributed by atoms with Crippen molar-refractivity contribution in [3.8, 4) is 0 Å². The molecule has 3 rings (SSSR count). The first-order valence-corrected chi connectivity index (χ1v) is 6.69. The summed E-state index contributed by atoms with van der Waals surface area (Å²) in [5, 5.41) is 11.8. The quantitative estimate of drug-likeness (QED) is 0.750. The summed E-state index contributed by atoms with van der Waals surface area (Å²) in [6, 6.07) is 8.90. The molecule has 3 aromatic heterocycles. The summed E-state index contributed by atoms with van der Waals surface area (Å²) in [5.41, 5.74) is 1.89. The van der Waals surface area contributed by atoms with Crippen molar-refractivity contribution in [3.63, 3.8) is 0 Å². The first-order chi connectivity index (χ1) is 10.1. The molecule has 0 atom stereocenters. The number of aromatic nitrogens is 4. The molecular weight excluding hydrogens is 290 g/mol. The molecule has 0 aliphatic carbocycles. The Morgan fingerprint density at radius 3 is 3.00 bits per heavy atom. The molecule has 0 aliphatic rings. The van der Waals surface area contributed by atoms with Crippen LogP contribution in [0.1, 0.15) is 16.2 Å². The second kappa shape index (κ2) is 5.49. The molecule has 21 heavy (non-hydrogen) atoms. The van der Waals surface area contributed by atoms with Gasteiger partial charge in [0.05, 0.1) is 12.2 Å². The van der Waals surface area contributed by atoms with Crippen molar-refractivity contribution in [1.29, 1.82) is 0 Å². The number of carbonyl (C=O) groups excluding carboxylic acids is 1. The Morgan fingerprint density at radius 2 is 2.24 bits per heavy atom. The van der Waals surface area contributed by atoms with Crippen molar-refractivity contribution in [2.45, 2.75) is 6.54 Å². The van der Waals surface area contributed by atoms with E-state index in [-0.39, 0.29) is 5.91 Å². The molecule has 0 saturated carbocycles. The highest BCUT2D eigenvalue weighted by Crippen LogP contribution is 2.19. The summed E-state index contributed by atoms with van der Waals surface area (Å²) in [4.78, 5) is 16.5. The third kappa shape index (κ3) is 2.71. The van der Waals surface area contributed by atoms with Crippen LogP contribution in [-0.2, 0) is 13.6 Å². The molecule has 1 amide bonds. The van der Waals surface area contributed by atoms with Gasteiger partial charge < -0.3 is 9.88 Å². The highest BCUT2D eigenvalue weighted by molar-refractivity contribution is 6.29. The number of aryl methyl sites for hydroxylation is 1.